The van der Waals surface area contributed by atoms with Crippen molar-refractivity contribution in [2.24, 2.45) is 0 Å². The molecule has 2 aliphatic rings. The third kappa shape index (κ3) is 4.72. The highest BCUT2D eigenvalue weighted by molar-refractivity contribution is 6.23. The molecule has 0 atom stereocenters. The van der Waals surface area contributed by atoms with Crippen LogP contribution in [0.5, 0.6) is 0 Å². The van der Waals surface area contributed by atoms with E-state index in [4.69, 9.17) is 0 Å². The Kier molecular flexibility index (Phi) is 7.09. The topological polar surface area (TPSA) is 6.48 Å². The summed E-state index contributed by atoms with van der Waals surface area (Å²) in [6.45, 7) is 0. The number of nitrogens with zero attached hydrogens (tertiary/aromatic N) is 2. The first-order chi connectivity index (χ1) is 28.6. The Labute approximate surface area is 338 Å². The van der Waals surface area contributed by atoms with Gasteiger partial charge >= 0.3 is 0 Å². The highest BCUT2D eigenvalue weighted by Crippen LogP contribution is 2.56. The van der Waals surface area contributed by atoms with Crippen molar-refractivity contribution in [1.82, 2.24) is 0 Å². The van der Waals surface area contributed by atoms with E-state index in [1.165, 1.54) is 122 Å². The van der Waals surface area contributed by atoms with Gasteiger partial charge in [0.15, 0.2) is 0 Å². The van der Waals surface area contributed by atoms with E-state index >= 15 is 0 Å². The first-order valence-corrected chi connectivity index (χ1v) is 20.1. The highest BCUT2D eigenvalue weighted by atomic mass is 15.1. The van der Waals surface area contributed by atoms with E-state index in [9.17, 15) is 0 Å². The standard InChI is InChI=1S/C56H38N2/c1-57-49-31-32-50-56-48(46-28-24-40(34-52(46)58(50)2)54-42-20-12-10-18-38(42)22-26-44(54)36-15-7-4-8-16-36)30-29-47(55(49)56)45-27-23-39(33-51(45)57)53-41-19-11-9-17-37(41)21-25-43(53)35-13-5-3-6-14-35/h3-34H,1-2H3. The maximum Gasteiger partial charge on any atom is 0.0496 e. The molecule has 0 unspecified atom stereocenters. The molecule has 0 aromatic heterocycles. The van der Waals surface area contributed by atoms with Crippen LogP contribution in [0.25, 0.3) is 99.1 Å². The van der Waals surface area contributed by atoms with Crippen molar-refractivity contribution in [3.8, 4) is 66.8 Å². The minimum absolute atomic E-state index is 1.22. The number of fused-ring (bicyclic) bond motifs is 6. The zero-order chi connectivity index (χ0) is 38.5. The summed E-state index contributed by atoms with van der Waals surface area (Å²) in [6, 6.07) is 71.8. The smallest absolute Gasteiger partial charge is 0.0496 e. The predicted octanol–water partition coefficient (Wildman–Crippen LogP) is 15.3. The molecule has 0 amide bonds. The lowest BCUT2D eigenvalue weighted by molar-refractivity contribution is 1.19. The van der Waals surface area contributed by atoms with Gasteiger partial charge in [0.25, 0.3) is 0 Å². The summed E-state index contributed by atoms with van der Waals surface area (Å²) in [5.74, 6) is 0. The van der Waals surface area contributed by atoms with Gasteiger partial charge in [-0.1, -0.05) is 170 Å². The Morgan fingerprint density at radius 1 is 0.276 bits per heavy atom. The lowest BCUT2D eigenvalue weighted by Gasteiger charge is -2.36. The molecule has 10 aromatic carbocycles. The van der Waals surface area contributed by atoms with Crippen molar-refractivity contribution >= 4 is 55.1 Å². The Morgan fingerprint density at radius 3 is 1.10 bits per heavy atom. The second-order valence-electron chi connectivity index (χ2n) is 15.7. The van der Waals surface area contributed by atoms with Crippen LogP contribution in [0.15, 0.2) is 194 Å². The van der Waals surface area contributed by atoms with Crippen molar-refractivity contribution in [3.63, 3.8) is 0 Å². The molecule has 0 fully saturated rings. The van der Waals surface area contributed by atoms with Gasteiger partial charge in [-0.05, 0) is 101 Å². The minimum Gasteiger partial charge on any atom is -0.344 e. The molecule has 2 heterocycles. The van der Waals surface area contributed by atoms with Gasteiger partial charge in [-0.25, -0.2) is 0 Å². The maximum absolute atomic E-state index is 2.41. The summed E-state index contributed by atoms with van der Waals surface area (Å²) >= 11 is 0. The summed E-state index contributed by atoms with van der Waals surface area (Å²) in [7, 11) is 4.47. The number of benzene rings is 10. The van der Waals surface area contributed by atoms with Gasteiger partial charge in [-0.3, -0.25) is 0 Å². The second-order valence-corrected chi connectivity index (χ2v) is 15.7. The second kappa shape index (κ2) is 12.5. The molecule has 2 aliphatic heterocycles. The molecule has 272 valence electrons. The van der Waals surface area contributed by atoms with Crippen LogP contribution < -0.4 is 9.80 Å². The van der Waals surface area contributed by atoms with Crippen LogP contribution in [0.1, 0.15) is 0 Å². The number of anilines is 4. The molecule has 0 aliphatic carbocycles. The van der Waals surface area contributed by atoms with Crippen LogP contribution in [0.3, 0.4) is 0 Å². The summed E-state index contributed by atoms with van der Waals surface area (Å²) in [4.78, 5) is 4.82. The SMILES string of the molecule is CN1c2cc(-c3c(-c4ccccc4)ccc4ccccc34)ccc2-c2ccc3c4c(ccc1c24)N(C)c1cc(-c2c(-c4ccccc4)ccc4ccccc24)ccc1-3. The van der Waals surface area contributed by atoms with Gasteiger partial charge in [-0.2, -0.15) is 0 Å². The van der Waals surface area contributed by atoms with Crippen molar-refractivity contribution in [3.05, 3.63) is 194 Å². The molecule has 0 spiro atoms. The van der Waals surface area contributed by atoms with Crippen molar-refractivity contribution in [1.29, 1.82) is 0 Å². The zero-order valence-corrected chi connectivity index (χ0v) is 32.4. The lowest BCUT2D eigenvalue weighted by atomic mass is 9.82. The fourth-order valence-electron chi connectivity index (χ4n) is 9.99. The van der Waals surface area contributed by atoms with Gasteiger partial charge < -0.3 is 9.80 Å². The molecule has 2 nitrogen and oxygen atoms in total. The first-order valence-electron chi connectivity index (χ1n) is 20.1. The van der Waals surface area contributed by atoms with E-state index in [2.05, 4.69) is 218 Å². The van der Waals surface area contributed by atoms with Gasteiger partial charge in [0.2, 0.25) is 0 Å². The summed E-state index contributed by atoms with van der Waals surface area (Å²) in [6.07, 6.45) is 0. The number of hydrogen-bond acceptors (Lipinski definition) is 2. The Balaban J connectivity index is 1.02. The molecule has 58 heavy (non-hydrogen) atoms. The molecule has 0 N–H and O–H groups in total. The quantitative estimate of drug-likeness (QED) is 0.177. The molecular weight excluding hydrogens is 701 g/mol. The molecule has 12 rings (SSSR count). The minimum atomic E-state index is 1.22. The Morgan fingerprint density at radius 2 is 0.655 bits per heavy atom. The fourth-order valence-corrected chi connectivity index (χ4v) is 9.99. The van der Waals surface area contributed by atoms with E-state index in [0.29, 0.717) is 0 Å². The van der Waals surface area contributed by atoms with E-state index in [1.54, 1.807) is 0 Å². The first kappa shape index (κ1) is 32.8. The molecular formula is C56H38N2. The van der Waals surface area contributed by atoms with Gasteiger partial charge in [-0.15, -0.1) is 0 Å². The lowest BCUT2D eigenvalue weighted by Crippen LogP contribution is -2.19. The summed E-state index contributed by atoms with van der Waals surface area (Å²) in [5, 5.41) is 7.66. The number of rotatable bonds is 4. The van der Waals surface area contributed by atoms with Crippen LogP contribution >= 0.6 is 0 Å². The summed E-state index contributed by atoms with van der Waals surface area (Å²) < 4.78 is 0. The van der Waals surface area contributed by atoms with E-state index in [-0.39, 0.29) is 0 Å². The van der Waals surface area contributed by atoms with Crippen LogP contribution in [0, 0.1) is 0 Å². The van der Waals surface area contributed by atoms with Gasteiger partial charge in [0.05, 0.1) is 0 Å². The van der Waals surface area contributed by atoms with Crippen LogP contribution in [-0.2, 0) is 0 Å². The largest absolute Gasteiger partial charge is 0.344 e. The average molecular weight is 739 g/mol. The van der Waals surface area contributed by atoms with E-state index in [0.717, 1.165) is 0 Å². The fraction of sp³-hybridized carbons (Fsp3) is 0.0357. The molecule has 0 radical (unpaired) electrons. The van der Waals surface area contributed by atoms with Crippen molar-refractivity contribution < 1.29 is 0 Å². The maximum atomic E-state index is 2.41. The predicted molar refractivity (Wildman–Crippen MR) is 248 cm³/mol. The van der Waals surface area contributed by atoms with E-state index in [1.807, 2.05) is 0 Å². The zero-order valence-electron chi connectivity index (χ0n) is 32.4. The Hall–Kier alpha value is -7.42. The van der Waals surface area contributed by atoms with E-state index < -0.39 is 0 Å². The molecule has 0 saturated carbocycles. The van der Waals surface area contributed by atoms with Crippen LogP contribution in [0.4, 0.5) is 22.7 Å². The molecule has 0 bridgehead atoms. The molecule has 10 aromatic rings. The third-order valence-corrected chi connectivity index (χ3v) is 12.7. The summed E-state index contributed by atoms with van der Waals surface area (Å²) in [5.41, 5.74) is 19.9. The molecule has 0 saturated heterocycles. The van der Waals surface area contributed by atoms with Gasteiger partial charge in [0, 0.05) is 58.7 Å². The van der Waals surface area contributed by atoms with Crippen LogP contribution in [-0.4, -0.2) is 14.1 Å². The highest BCUT2D eigenvalue weighted by Gasteiger charge is 2.31. The van der Waals surface area contributed by atoms with Gasteiger partial charge in [0.1, 0.15) is 0 Å². The van der Waals surface area contributed by atoms with Crippen molar-refractivity contribution in [2.75, 3.05) is 23.9 Å². The van der Waals surface area contributed by atoms with Crippen LogP contribution in [0.2, 0.25) is 0 Å². The molecule has 2 heteroatoms. The average Bonchev–Trinajstić information content (AvgIpc) is 3.29. The van der Waals surface area contributed by atoms with Crippen molar-refractivity contribution in [2.45, 2.75) is 0 Å². The monoisotopic (exact) mass is 738 g/mol. The number of hydrogen-bond donors (Lipinski definition) is 0. The normalized spacial score (nSPS) is 12.6. The third-order valence-electron chi connectivity index (χ3n) is 12.7. The Bertz CT molecular complexity index is 3090.